The summed E-state index contributed by atoms with van der Waals surface area (Å²) in [6.45, 7) is 12.8. The number of piperidine rings is 1. The second-order valence-corrected chi connectivity index (χ2v) is 7.35. The van der Waals surface area contributed by atoms with E-state index in [2.05, 4.69) is 31.0 Å². The van der Waals surface area contributed by atoms with Crippen LogP contribution in [0.15, 0.2) is 0 Å². The molecule has 1 fully saturated rings. The third kappa shape index (κ3) is 8.80. The molecule has 0 aliphatic carbocycles. The van der Waals surface area contributed by atoms with Gasteiger partial charge < -0.3 is 16.0 Å². The molecule has 3 heteroatoms. The van der Waals surface area contributed by atoms with E-state index in [1.165, 1.54) is 64.7 Å². The first-order valence-corrected chi connectivity index (χ1v) is 9.28. The maximum Gasteiger partial charge on any atom is 0.00695 e. The molecular formula is C18H39N3. The van der Waals surface area contributed by atoms with Gasteiger partial charge in [0.2, 0.25) is 0 Å². The fraction of sp³-hybridized carbons (Fsp3) is 1.00. The Bertz CT molecular complexity index is 237. The molecule has 0 aromatic heterocycles. The van der Waals surface area contributed by atoms with Gasteiger partial charge in [0, 0.05) is 6.04 Å². The molecule has 3 nitrogen and oxygen atoms in total. The summed E-state index contributed by atoms with van der Waals surface area (Å²) < 4.78 is 0. The summed E-state index contributed by atoms with van der Waals surface area (Å²) in [5.41, 5.74) is 5.72. The Labute approximate surface area is 133 Å². The van der Waals surface area contributed by atoms with Crippen molar-refractivity contribution in [3.05, 3.63) is 0 Å². The molecule has 126 valence electrons. The Morgan fingerprint density at radius 3 is 2.33 bits per heavy atom. The fourth-order valence-corrected chi connectivity index (χ4v) is 3.46. The second kappa shape index (κ2) is 11.4. The first-order valence-electron chi connectivity index (χ1n) is 9.28. The second-order valence-electron chi connectivity index (χ2n) is 7.35. The number of hydrogen-bond donors (Lipinski definition) is 2. The van der Waals surface area contributed by atoms with Crippen molar-refractivity contribution in [2.45, 2.75) is 71.8 Å². The molecule has 0 radical (unpaired) electrons. The summed E-state index contributed by atoms with van der Waals surface area (Å²) in [5, 5.41) is 3.47. The molecule has 1 aliphatic heterocycles. The normalized spacial score (nSPS) is 18.6. The van der Waals surface area contributed by atoms with Gasteiger partial charge in [-0.15, -0.1) is 0 Å². The molecule has 1 aliphatic rings. The number of unbranched alkanes of at least 4 members (excludes halogenated alkanes) is 1. The van der Waals surface area contributed by atoms with E-state index in [0.29, 0.717) is 0 Å². The van der Waals surface area contributed by atoms with Crippen molar-refractivity contribution >= 4 is 0 Å². The van der Waals surface area contributed by atoms with Crippen molar-refractivity contribution in [1.29, 1.82) is 0 Å². The van der Waals surface area contributed by atoms with Gasteiger partial charge in [-0.2, -0.15) is 0 Å². The highest BCUT2D eigenvalue weighted by Crippen LogP contribution is 2.21. The molecule has 0 amide bonds. The summed E-state index contributed by atoms with van der Waals surface area (Å²) in [7, 11) is 0. The molecule has 0 bridgehead atoms. The lowest BCUT2D eigenvalue weighted by Crippen LogP contribution is -2.38. The van der Waals surface area contributed by atoms with Crippen LogP contribution < -0.4 is 11.1 Å². The lowest BCUT2D eigenvalue weighted by molar-refractivity contribution is 0.165. The Hall–Kier alpha value is -0.120. The highest BCUT2D eigenvalue weighted by Gasteiger charge is 2.20. The van der Waals surface area contributed by atoms with Crippen LogP contribution in [0.5, 0.6) is 0 Å². The molecule has 1 heterocycles. The zero-order valence-corrected chi connectivity index (χ0v) is 14.7. The predicted octanol–water partition coefficient (Wildman–Crippen LogP) is 3.24. The van der Waals surface area contributed by atoms with E-state index in [4.69, 9.17) is 5.73 Å². The lowest BCUT2D eigenvalue weighted by Gasteiger charge is -2.33. The minimum Gasteiger partial charge on any atom is -0.330 e. The van der Waals surface area contributed by atoms with Gasteiger partial charge in [-0.1, -0.05) is 26.7 Å². The van der Waals surface area contributed by atoms with Gasteiger partial charge in [-0.3, -0.25) is 0 Å². The first-order chi connectivity index (χ1) is 10.1. The number of nitrogens with one attached hydrogen (secondary N) is 1. The highest BCUT2D eigenvalue weighted by molar-refractivity contribution is 4.76. The largest absolute Gasteiger partial charge is 0.330 e. The van der Waals surface area contributed by atoms with Gasteiger partial charge in [0.25, 0.3) is 0 Å². The molecular weight excluding hydrogens is 258 g/mol. The van der Waals surface area contributed by atoms with E-state index in [1.807, 2.05) is 0 Å². The number of nitrogens with two attached hydrogens (primary N) is 1. The minimum absolute atomic E-state index is 0.721. The maximum absolute atomic E-state index is 5.72. The summed E-state index contributed by atoms with van der Waals surface area (Å²) >= 11 is 0. The highest BCUT2D eigenvalue weighted by atomic mass is 15.1. The summed E-state index contributed by atoms with van der Waals surface area (Å²) in [5.74, 6) is 1.77. The molecule has 0 spiro atoms. The number of rotatable bonds is 11. The average molecular weight is 298 g/mol. The fourth-order valence-electron chi connectivity index (χ4n) is 3.46. The third-order valence-corrected chi connectivity index (χ3v) is 4.88. The maximum atomic E-state index is 5.72. The van der Waals surface area contributed by atoms with Crippen LogP contribution in [0.3, 0.4) is 0 Å². The van der Waals surface area contributed by atoms with Crippen LogP contribution in [0.1, 0.15) is 65.7 Å². The SMILES string of the molecule is CC(C)CCCCN(CCCN)C(C)CC1CCNCC1. The molecule has 3 N–H and O–H groups in total. The van der Waals surface area contributed by atoms with Crippen molar-refractivity contribution in [3.8, 4) is 0 Å². The molecule has 1 rings (SSSR count). The summed E-state index contributed by atoms with van der Waals surface area (Å²) in [6.07, 6.45) is 9.32. The van der Waals surface area contributed by atoms with Gasteiger partial charge in [0.05, 0.1) is 0 Å². The molecule has 0 aromatic carbocycles. The average Bonchev–Trinajstić information content (AvgIpc) is 2.47. The minimum atomic E-state index is 0.721. The quantitative estimate of drug-likeness (QED) is 0.575. The van der Waals surface area contributed by atoms with Gasteiger partial charge in [0.1, 0.15) is 0 Å². The van der Waals surface area contributed by atoms with Gasteiger partial charge >= 0.3 is 0 Å². The molecule has 0 saturated carbocycles. The van der Waals surface area contributed by atoms with Crippen LogP contribution >= 0.6 is 0 Å². The van der Waals surface area contributed by atoms with Crippen LogP contribution in [0.2, 0.25) is 0 Å². The van der Waals surface area contributed by atoms with Crippen molar-refractivity contribution in [2.75, 3.05) is 32.7 Å². The number of nitrogens with zero attached hydrogens (tertiary/aromatic N) is 1. The predicted molar refractivity (Wildman–Crippen MR) is 93.6 cm³/mol. The van der Waals surface area contributed by atoms with E-state index in [1.54, 1.807) is 0 Å². The Balaban J connectivity index is 2.31. The Morgan fingerprint density at radius 2 is 1.71 bits per heavy atom. The molecule has 1 atom stereocenters. The zero-order valence-electron chi connectivity index (χ0n) is 14.7. The van der Waals surface area contributed by atoms with Crippen molar-refractivity contribution in [1.82, 2.24) is 10.2 Å². The monoisotopic (exact) mass is 297 g/mol. The van der Waals surface area contributed by atoms with Gasteiger partial charge in [-0.25, -0.2) is 0 Å². The molecule has 1 unspecified atom stereocenters. The Kier molecular flexibility index (Phi) is 10.3. The van der Waals surface area contributed by atoms with Crippen LogP contribution in [-0.2, 0) is 0 Å². The van der Waals surface area contributed by atoms with Crippen molar-refractivity contribution in [2.24, 2.45) is 17.6 Å². The first kappa shape index (κ1) is 18.9. The van der Waals surface area contributed by atoms with E-state index >= 15 is 0 Å². The van der Waals surface area contributed by atoms with Crippen LogP contribution in [0.25, 0.3) is 0 Å². The van der Waals surface area contributed by atoms with Crippen LogP contribution in [-0.4, -0.2) is 43.7 Å². The number of hydrogen-bond acceptors (Lipinski definition) is 3. The van der Waals surface area contributed by atoms with Crippen LogP contribution in [0.4, 0.5) is 0 Å². The van der Waals surface area contributed by atoms with Crippen molar-refractivity contribution < 1.29 is 0 Å². The molecule has 21 heavy (non-hydrogen) atoms. The van der Waals surface area contributed by atoms with E-state index < -0.39 is 0 Å². The summed E-state index contributed by atoms with van der Waals surface area (Å²) in [6, 6.07) is 0.721. The third-order valence-electron chi connectivity index (χ3n) is 4.88. The smallest absolute Gasteiger partial charge is 0.00695 e. The van der Waals surface area contributed by atoms with E-state index in [-0.39, 0.29) is 0 Å². The Morgan fingerprint density at radius 1 is 1.05 bits per heavy atom. The van der Waals surface area contributed by atoms with Gasteiger partial charge in [0.15, 0.2) is 0 Å². The standard InChI is InChI=1S/C18H39N3/c1-16(2)7-4-5-13-21(14-6-10-19)17(3)15-18-8-11-20-12-9-18/h16-18,20H,4-15,19H2,1-3H3. The van der Waals surface area contributed by atoms with E-state index in [0.717, 1.165) is 30.8 Å². The van der Waals surface area contributed by atoms with Crippen molar-refractivity contribution in [3.63, 3.8) is 0 Å². The van der Waals surface area contributed by atoms with Gasteiger partial charge in [-0.05, 0) is 83.6 Å². The zero-order chi connectivity index (χ0) is 15.5. The van der Waals surface area contributed by atoms with Crippen LogP contribution in [0, 0.1) is 11.8 Å². The lowest BCUT2D eigenvalue weighted by atomic mass is 9.91. The molecule has 0 aromatic rings. The topological polar surface area (TPSA) is 41.3 Å². The summed E-state index contributed by atoms with van der Waals surface area (Å²) in [4.78, 5) is 2.70. The van der Waals surface area contributed by atoms with E-state index in [9.17, 15) is 0 Å². The molecule has 1 saturated heterocycles.